The molecular weight excluding hydrogens is 488 g/mol. The maximum Gasteiger partial charge on any atom is 0.335 e. The first-order chi connectivity index (χ1) is 18.0. The molecule has 0 aromatic carbocycles. The number of ether oxygens (including phenoxy) is 2. The van der Waals surface area contributed by atoms with Gasteiger partial charge >= 0.3 is 5.63 Å². The van der Waals surface area contributed by atoms with E-state index in [-0.39, 0.29) is 34.4 Å². The predicted molar refractivity (Wildman–Crippen MR) is 138 cm³/mol. The van der Waals surface area contributed by atoms with Gasteiger partial charge in [-0.15, -0.1) is 0 Å². The summed E-state index contributed by atoms with van der Waals surface area (Å²) in [6.45, 7) is 6.26. The number of hydrogen-bond donors (Lipinski definition) is 4. The van der Waals surface area contributed by atoms with Gasteiger partial charge in [0.05, 0.1) is 24.1 Å². The molecule has 0 bridgehead atoms. The Kier molecular flexibility index (Phi) is 6.49. The topological polar surface area (TPSA) is 130 Å². The predicted octanol–water partition coefficient (Wildman–Crippen LogP) is 3.01. The van der Waals surface area contributed by atoms with Crippen LogP contribution in [0.2, 0.25) is 0 Å². The summed E-state index contributed by atoms with van der Waals surface area (Å²) in [7, 11) is 0. The van der Waals surface area contributed by atoms with Crippen LogP contribution in [0.3, 0.4) is 0 Å². The maximum atomic E-state index is 12.4. The van der Waals surface area contributed by atoms with Gasteiger partial charge in [-0.1, -0.05) is 25.5 Å². The van der Waals surface area contributed by atoms with Crippen LogP contribution in [0.25, 0.3) is 0 Å². The summed E-state index contributed by atoms with van der Waals surface area (Å²) in [6, 6.07) is 3.36. The van der Waals surface area contributed by atoms with Crippen LogP contribution >= 0.6 is 0 Å². The average molecular weight is 531 g/mol. The molecule has 8 heteroatoms. The first kappa shape index (κ1) is 26.7. The van der Waals surface area contributed by atoms with Crippen LogP contribution in [0.5, 0.6) is 0 Å². The average Bonchev–Trinajstić information content (AvgIpc) is 3.18. The van der Waals surface area contributed by atoms with Crippen molar-refractivity contribution in [1.29, 1.82) is 0 Å². The van der Waals surface area contributed by atoms with Crippen molar-refractivity contribution in [2.75, 3.05) is 0 Å². The summed E-state index contributed by atoms with van der Waals surface area (Å²) < 4.78 is 17.0. The van der Waals surface area contributed by atoms with Gasteiger partial charge in [-0.05, 0) is 93.1 Å². The Hall–Kier alpha value is -1.55. The van der Waals surface area contributed by atoms with Gasteiger partial charge in [-0.3, -0.25) is 0 Å². The van der Waals surface area contributed by atoms with E-state index in [0.29, 0.717) is 5.92 Å². The van der Waals surface area contributed by atoms with Gasteiger partial charge in [0, 0.05) is 11.5 Å². The van der Waals surface area contributed by atoms with Gasteiger partial charge in [0.1, 0.15) is 18.3 Å². The van der Waals surface area contributed by atoms with Crippen molar-refractivity contribution in [2.45, 2.75) is 120 Å². The van der Waals surface area contributed by atoms with E-state index in [2.05, 4.69) is 19.9 Å². The van der Waals surface area contributed by atoms with Crippen LogP contribution in [-0.2, 0) is 9.47 Å². The maximum absolute atomic E-state index is 12.4. The van der Waals surface area contributed by atoms with Gasteiger partial charge < -0.3 is 34.3 Å². The Morgan fingerprint density at radius 1 is 0.947 bits per heavy atom. The number of aliphatic hydroxyl groups excluding tert-OH is 3. The summed E-state index contributed by atoms with van der Waals surface area (Å²) in [5.74, 6) is 0.759. The SMILES string of the molecule is C[C@H]1O[C@H](O[C@H]2C=C3CC[C@H]4[C@@H](CC[C@]5(C)[C@H](c6ccc(=O)oc6)CC[C@@]45O)[C@@]3(C)CC2)[C@@H](O)[C@@H](O)[C@H]1O. The lowest BCUT2D eigenvalue weighted by atomic mass is 9.45. The standard InChI is InChI=1S/C30H42O8/c1-16-24(32)25(33)26(34)27(37-16)38-19-8-11-28(2)18(14-19)5-6-22-21(28)9-12-29(3)20(10-13-30(22,29)35)17-4-7-23(31)36-15-17/h4,7,14-16,19-22,24-27,32-35H,5-6,8-13H2,1-3H3/t16-,19-,20+,21-,22+,24+,25+,26+,27-,28+,29-,30-/m1/s1. The summed E-state index contributed by atoms with van der Waals surface area (Å²) >= 11 is 0. The van der Waals surface area contributed by atoms with E-state index in [1.807, 2.05) is 6.07 Å². The molecule has 12 atom stereocenters. The Morgan fingerprint density at radius 2 is 1.74 bits per heavy atom. The van der Waals surface area contributed by atoms with Gasteiger partial charge in [-0.25, -0.2) is 4.79 Å². The molecule has 6 rings (SSSR count). The molecule has 4 N–H and O–H groups in total. The molecule has 3 saturated carbocycles. The lowest BCUT2D eigenvalue weighted by Gasteiger charge is -2.62. The van der Waals surface area contributed by atoms with E-state index in [0.717, 1.165) is 56.9 Å². The Balaban J connectivity index is 1.21. The Morgan fingerprint density at radius 3 is 2.47 bits per heavy atom. The van der Waals surface area contributed by atoms with E-state index in [1.165, 1.54) is 11.6 Å². The fraction of sp³-hybridized carbons (Fsp3) is 0.767. The Labute approximate surface area is 223 Å². The van der Waals surface area contributed by atoms with Crippen molar-refractivity contribution in [2.24, 2.45) is 22.7 Å². The second-order valence-electron chi connectivity index (χ2n) is 13.1. The van der Waals surface area contributed by atoms with E-state index in [4.69, 9.17) is 13.9 Å². The molecule has 0 spiro atoms. The molecule has 210 valence electrons. The van der Waals surface area contributed by atoms with Crippen molar-refractivity contribution in [3.05, 3.63) is 46.0 Å². The molecule has 38 heavy (non-hydrogen) atoms. The number of fused-ring (bicyclic) bond motifs is 5. The van der Waals surface area contributed by atoms with Crippen LogP contribution in [0.1, 0.15) is 83.6 Å². The zero-order chi connectivity index (χ0) is 27.0. The Bertz CT molecular complexity index is 1130. The van der Waals surface area contributed by atoms with Crippen molar-refractivity contribution in [1.82, 2.24) is 0 Å². The van der Waals surface area contributed by atoms with Crippen molar-refractivity contribution >= 4 is 0 Å². The van der Waals surface area contributed by atoms with Crippen LogP contribution < -0.4 is 5.63 Å². The van der Waals surface area contributed by atoms with Crippen LogP contribution in [-0.4, -0.2) is 62.8 Å². The molecule has 8 nitrogen and oxygen atoms in total. The second kappa shape index (κ2) is 9.25. The second-order valence-corrected chi connectivity index (χ2v) is 13.1. The van der Waals surface area contributed by atoms with Gasteiger partial charge in [0.15, 0.2) is 6.29 Å². The van der Waals surface area contributed by atoms with Crippen molar-refractivity contribution in [3.63, 3.8) is 0 Å². The van der Waals surface area contributed by atoms with Crippen LogP contribution in [0.15, 0.2) is 39.3 Å². The largest absolute Gasteiger partial charge is 0.431 e. The molecule has 1 saturated heterocycles. The minimum absolute atomic E-state index is 0.0213. The van der Waals surface area contributed by atoms with E-state index < -0.39 is 36.3 Å². The normalized spacial score (nSPS) is 50.5. The number of hydrogen-bond acceptors (Lipinski definition) is 8. The van der Waals surface area contributed by atoms with E-state index >= 15 is 0 Å². The summed E-state index contributed by atoms with van der Waals surface area (Å²) in [6.07, 6.45) is 5.32. The molecule has 1 aromatic rings. The highest BCUT2D eigenvalue weighted by Crippen LogP contribution is 2.70. The summed E-state index contributed by atoms with van der Waals surface area (Å²) in [5, 5.41) is 43.0. The first-order valence-electron chi connectivity index (χ1n) is 14.4. The lowest BCUT2D eigenvalue weighted by Crippen LogP contribution is -2.60. The van der Waals surface area contributed by atoms with Crippen LogP contribution in [0, 0.1) is 22.7 Å². The first-order valence-corrected chi connectivity index (χ1v) is 14.4. The molecule has 0 amide bonds. The molecule has 5 aliphatic rings. The van der Waals surface area contributed by atoms with Gasteiger partial charge in [0.25, 0.3) is 0 Å². The highest BCUT2D eigenvalue weighted by Gasteiger charge is 2.66. The monoisotopic (exact) mass is 530 g/mol. The third-order valence-electron chi connectivity index (χ3n) is 11.5. The molecule has 0 radical (unpaired) electrons. The van der Waals surface area contributed by atoms with E-state index in [9.17, 15) is 25.2 Å². The summed E-state index contributed by atoms with van der Waals surface area (Å²) in [5.41, 5.74) is 0.991. The smallest absolute Gasteiger partial charge is 0.335 e. The fourth-order valence-electron chi connectivity index (χ4n) is 9.17. The molecule has 4 fully saturated rings. The van der Waals surface area contributed by atoms with Crippen molar-refractivity contribution < 1.29 is 34.3 Å². The number of rotatable bonds is 3. The van der Waals surface area contributed by atoms with Gasteiger partial charge in [-0.2, -0.15) is 0 Å². The third-order valence-corrected chi connectivity index (χ3v) is 11.5. The fourth-order valence-corrected chi connectivity index (χ4v) is 9.17. The number of allylic oxidation sites excluding steroid dienone is 1. The lowest BCUT2D eigenvalue weighted by molar-refractivity contribution is -0.301. The molecule has 1 aromatic heterocycles. The minimum Gasteiger partial charge on any atom is -0.431 e. The molecule has 2 heterocycles. The zero-order valence-corrected chi connectivity index (χ0v) is 22.6. The highest BCUT2D eigenvalue weighted by atomic mass is 16.7. The highest BCUT2D eigenvalue weighted by molar-refractivity contribution is 5.31. The molecule has 1 aliphatic heterocycles. The van der Waals surface area contributed by atoms with Crippen molar-refractivity contribution in [3.8, 4) is 0 Å². The summed E-state index contributed by atoms with van der Waals surface area (Å²) in [4.78, 5) is 11.5. The zero-order valence-electron chi connectivity index (χ0n) is 22.6. The quantitative estimate of drug-likeness (QED) is 0.439. The van der Waals surface area contributed by atoms with Crippen LogP contribution in [0.4, 0.5) is 0 Å². The van der Waals surface area contributed by atoms with Gasteiger partial charge in [0.2, 0.25) is 0 Å². The minimum atomic E-state index is -1.31. The molecular formula is C30H42O8. The molecule has 0 unspecified atom stereocenters. The van der Waals surface area contributed by atoms with E-state index in [1.54, 1.807) is 13.2 Å². The third kappa shape index (κ3) is 3.82. The number of aliphatic hydroxyl groups is 4. The molecule has 4 aliphatic carbocycles.